The monoisotopic (exact) mass is 102 g/mol. The van der Waals surface area contributed by atoms with Gasteiger partial charge in [0.1, 0.15) is 0 Å². The van der Waals surface area contributed by atoms with E-state index in [1.807, 2.05) is 0 Å². The molecule has 0 aromatic carbocycles. The van der Waals surface area contributed by atoms with Gasteiger partial charge in [0.15, 0.2) is 5.57 Å². The summed E-state index contributed by atoms with van der Waals surface area (Å²) in [5.41, 5.74) is 2.00. The highest BCUT2D eigenvalue weighted by molar-refractivity contribution is 3.63. The summed E-state index contributed by atoms with van der Waals surface area (Å²) in [5.74, 6) is 0. The van der Waals surface area contributed by atoms with E-state index in [1.54, 1.807) is 0 Å². The number of hydrogen-bond donors (Lipinski definition) is 1. The normalized spacial score (nSPS) is 6.67. The van der Waals surface area contributed by atoms with E-state index in [2.05, 4.69) is 5.59 Å². The number of halogens is 3. The predicted molar refractivity (Wildman–Crippen MR) is 11.2 cm³/mol. The number of hydrogen-bond acceptors (Lipinski definition) is 3. The molecule has 0 aliphatic carbocycles. The van der Waals surface area contributed by atoms with E-state index < -0.39 is 5.57 Å². The van der Waals surface area contributed by atoms with Crippen molar-refractivity contribution in [1.82, 2.24) is 5.57 Å². The maximum absolute atomic E-state index is 9.50. The Morgan fingerprint density at radius 1 is 1.17 bits per heavy atom. The van der Waals surface area contributed by atoms with Crippen molar-refractivity contribution in [3.8, 4) is 0 Å². The molecule has 0 aromatic heterocycles. The van der Waals surface area contributed by atoms with Crippen LogP contribution in [0.4, 0.5) is 13.4 Å². The smallest absolute Gasteiger partial charge is 0.154 e. The fourth-order valence-electron chi connectivity index (χ4n) is 0. The van der Waals surface area contributed by atoms with Gasteiger partial charge in [-0.2, -0.15) is 4.91 Å². The Kier molecular flexibility index (Phi) is 13.3. The van der Waals surface area contributed by atoms with Gasteiger partial charge in [0.05, 0.1) is 0 Å². The lowest BCUT2D eigenvalue weighted by Gasteiger charge is -1.67. The summed E-state index contributed by atoms with van der Waals surface area (Å²) in [7, 11) is 0. The minimum atomic E-state index is -2.50. The zero-order valence-electron chi connectivity index (χ0n) is 2.49. The van der Waals surface area contributed by atoms with Crippen LogP contribution in [-0.2, 0) is 0 Å². The van der Waals surface area contributed by atoms with Gasteiger partial charge in [0.2, 0.25) is 0 Å². The highest BCUT2D eigenvalue weighted by Crippen LogP contribution is 1.82. The third-order valence-corrected chi connectivity index (χ3v) is 0. The van der Waals surface area contributed by atoms with Gasteiger partial charge in [-0.25, -0.2) is 0 Å². The van der Waals surface area contributed by atoms with Crippen LogP contribution in [0.15, 0.2) is 0 Å². The van der Waals surface area contributed by atoms with Crippen LogP contribution in [0.25, 0.3) is 0 Å². The molecule has 0 atom stereocenters. The summed E-state index contributed by atoms with van der Waals surface area (Å²) >= 11 is 0. The van der Waals surface area contributed by atoms with E-state index in [-0.39, 0.29) is 0 Å². The molecule has 3 nitrogen and oxygen atoms in total. The zero-order valence-corrected chi connectivity index (χ0v) is 2.49. The summed E-state index contributed by atoms with van der Waals surface area (Å²) < 4.78 is 28.5. The second-order valence-electron chi connectivity index (χ2n) is 0.192. The molecule has 6 heavy (non-hydrogen) atoms. The molecule has 0 saturated heterocycles. The molecule has 0 aromatic rings. The summed E-state index contributed by atoms with van der Waals surface area (Å²) in [6.45, 7) is 0. The first kappa shape index (κ1) is 9.02. The van der Waals surface area contributed by atoms with Crippen molar-refractivity contribution < 1.29 is 13.4 Å². The maximum atomic E-state index is 9.50. The number of rotatable bonds is 0. The molecule has 0 heterocycles. The van der Waals surface area contributed by atoms with Crippen LogP contribution in [-0.4, -0.2) is 5.57 Å². The van der Waals surface area contributed by atoms with Crippen molar-refractivity contribution in [1.29, 1.82) is 5.59 Å². The van der Waals surface area contributed by atoms with Crippen molar-refractivity contribution >= 4 is 0 Å². The Labute approximate surface area is 30.9 Å². The average molecular weight is 102 g/mol. The minimum absolute atomic E-state index is 2.50. The Bertz CT molecular complexity index is 20.0. The first-order chi connectivity index (χ1) is 2.73. The maximum Gasteiger partial charge on any atom is 0.199 e. The van der Waals surface area contributed by atoms with Gasteiger partial charge >= 0.3 is 0 Å². The van der Waals surface area contributed by atoms with E-state index in [9.17, 15) is 13.4 Å². The van der Waals surface area contributed by atoms with Gasteiger partial charge in [-0.3, -0.25) is 0 Å². The lowest BCUT2D eigenvalue weighted by Crippen LogP contribution is -1.72. The van der Waals surface area contributed by atoms with E-state index in [1.165, 1.54) is 0 Å². The van der Waals surface area contributed by atoms with E-state index in [0.29, 0.717) is 0 Å². The van der Waals surface area contributed by atoms with Gasteiger partial charge in [-0.1, -0.05) is 19.0 Å². The van der Waals surface area contributed by atoms with Crippen LogP contribution in [0.1, 0.15) is 0 Å². The van der Waals surface area contributed by atoms with Crippen LogP contribution >= 0.6 is 0 Å². The van der Waals surface area contributed by atoms with Gasteiger partial charge in [-0.15, -0.1) is 0 Å². The molecule has 0 amide bonds. The van der Waals surface area contributed by atoms with Crippen molar-refractivity contribution in [2.45, 2.75) is 0 Å². The summed E-state index contributed by atoms with van der Waals surface area (Å²) in [6.07, 6.45) is 0. The predicted octanol–water partition coefficient (Wildman–Crippen LogP) is 1.27. The van der Waals surface area contributed by atoms with Gasteiger partial charge in [-0.05, 0) is 0 Å². The highest BCUT2D eigenvalue weighted by atomic mass is 19.5. The molecule has 1 N–H and O–H groups in total. The van der Waals surface area contributed by atoms with Gasteiger partial charge in [0.25, 0.3) is 0 Å². The highest BCUT2D eigenvalue weighted by Gasteiger charge is 1.80. The number of nitrogens with one attached hydrogen (secondary N) is 1. The quantitative estimate of drug-likeness (QED) is 0.369. The van der Waals surface area contributed by atoms with Gasteiger partial charge in [0, 0.05) is 0 Å². The van der Waals surface area contributed by atoms with E-state index >= 15 is 0 Å². The Hall–Kier alpha value is -0.650. The molecule has 0 radical (unpaired) electrons. The van der Waals surface area contributed by atoms with Crippen LogP contribution in [0.2, 0.25) is 0 Å². The Balaban J connectivity index is 0. The van der Waals surface area contributed by atoms with Crippen molar-refractivity contribution in [2.24, 2.45) is 0 Å². The first-order valence-electron chi connectivity index (χ1n) is 0.711. The van der Waals surface area contributed by atoms with Crippen molar-refractivity contribution in [2.75, 3.05) is 0 Å². The molecular formula is HF3N2O. The summed E-state index contributed by atoms with van der Waals surface area (Å²) in [4.78, 5) is 7.50. The average Bonchev–Trinajstić information content (AvgIpc) is 1.41. The first-order valence-corrected chi connectivity index (χ1v) is 0.711. The molecule has 6 heteroatoms. The Morgan fingerprint density at radius 3 is 1.17 bits per heavy atom. The van der Waals surface area contributed by atoms with E-state index in [4.69, 9.17) is 4.91 Å². The van der Waals surface area contributed by atoms with Gasteiger partial charge < -0.3 is 0 Å². The molecule has 0 fully saturated rings. The second-order valence-corrected chi connectivity index (χ2v) is 0.192. The van der Waals surface area contributed by atoms with Crippen molar-refractivity contribution in [3.63, 3.8) is 0 Å². The standard InChI is InChI=1S/F3N.HNO/c1-4(2)3;1-2/h;1H. The molecule has 0 spiro atoms. The lowest BCUT2D eigenvalue weighted by molar-refractivity contribution is -0.295. The number of nitrogens with zero attached hydrogens (tertiary/aromatic N) is 1. The fraction of sp³-hybridized carbons (Fsp3) is 0. The van der Waals surface area contributed by atoms with Crippen molar-refractivity contribution in [3.05, 3.63) is 4.91 Å². The van der Waals surface area contributed by atoms with Crippen LogP contribution in [0.5, 0.6) is 0 Å². The lowest BCUT2D eigenvalue weighted by atomic mass is 13.5. The molecule has 0 aliphatic heterocycles. The molecule has 0 bridgehead atoms. The molecule has 0 saturated carbocycles. The molecular weight excluding hydrogens is 101 g/mol. The second kappa shape index (κ2) is 8.84. The van der Waals surface area contributed by atoms with Crippen LogP contribution < -0.4 is 0 Å². The fourth-order valence-corrected chi connectivity index (χ4v) is 0. The molecule has 38 valence electrons. The minimum Gasteiger partial charge on any atom is -0.154 e. The zero-order chi connectivity index (χ0) is 5.58. The topological polar surface area (TPSA) is 44.2 Å². The number of nitroso groups, excluding NO2 is 1. The molecule has 0 unspecified atom stereocenters. The third-order valence-electron chi connectivity index (χ3n) is 0. The Morgan fingerprint density at radius 2 is 1.17 bits per heavy atom. The molecule has 0 aliphatic rings. The SMILES string of the molecule is FN(F)F.N=O. The van der Waals surface area contributed by atoms with Crippen LogP contribution in [0.3, 0.4) is 0 Å². The van der Waals surface area contributed by atoms with Crippen LogP contribution in [0, 0.1) is 10.5 Å². The third kappa shape index (κ3) is 43.8. The summed E-state index contributed by atoms with van der Waals surface area (Å²) in [5, 5.41) is 0. The van der Waals surface area contributed by atoms with E-state index in [0.717, 1.165) is 0 Å². The molecule has 0 rings (SSSR count). The summed E-state index contributed by atoms with van der Waals surface area (Å²) in [6, 6.07) is 0. The largest absolute Gasteiger partial charge is 0.199 e.